The number of piperidine rings is 2. The first-order chi connectivity index (χ1) is 15.7. The van der Waals surface area contributed by atoms with Gasteiger partial charge in [0.25, 0.3) is 0 Å². The molecule has 2 aliphatic heterocycles. The third-order valence-corrected chi connectivity index (χ3v) is 7.12. The fourth-order valence-corrected chi connectivity index (χ4v) is 5.13. The van der Waals surface area contributed by atoms with E-state index in [1.807, 2.05) is 19.6 Å². The van der Waals surface area contributed by atoms with E-state index in [4.69, 9.17) is 4.74 Å². The van der Waals surface area contributed by atoms with Crippen LogP contribution < -0.4 is 10.1 Å². The van der Waals surface area contributed by atoms with Crippen LogP contribution in [0.1, 0.15) is 50.3 Å². The van der Waals surface area contributed by atoms with Gasteiger partial charge < -0.3 is 19.5 Å². The zero-order valence-corrected chi connectivity index (χ0v) is 19.8. The van der Waals surface area contributed by atoms with Crippen LogP contribution in [0.15, 0.2) is 48.0 Å². The fourth-order valence-electron chi connectivity index (χ4n) is 5.13. The standard InChI is InChI=1S/C25H38N6O/c1-20-11-15-30(18-24(20)31-16-12-27-19-31)25(26-2)28-17-23(29-13-5-4-6-14-29)21-7-9-22(32-3)10-8-21/h7-10,12,16,19-20,23-24H,4-6,11,13-15,17-18H2,1-3H3,(H,26,28). The molecule has 32 heavy (non-hydrogen) atoms. The van der Waals surface area contributed by atoms with Crippen LogP contribution >= 0.6 is 0 Å². The molecule has 0 aliphatic carbocycles. The van der Waals surface area contributed by atoms with Gasteiger partial charge >= 0.3 is 0 Å². The molecular weight excluding hydrogens is 400 g/mol. The molecule has 7 nitrogen and oxygen atoms in total. The molecule has 0 radical (unpaired) electrons. The predicted molar refractivity (Wildman–Crippen MR) is 129 cm³/mol. The number of ether oxygens (including phenoxy) is 1. The summed E-state index contributed by atoms with van der Waals surface area (Å²) in [6, 6.07) is 9.31. The number of methoxy groups -OCH3 is 1. The summed E-state index contributed by atoms with van der Waals surface area (Å²) in [7, 11) is 3.62. The van der Waals surface area contributed by atoms with Gasteiger partial charge in [0, 0.05) is 39.1 Å². The lowest BCUT2D eigenvalue weighted by Crippen LogP contribution is -2.50. The van der Waals surface area contributed by atoms with Crippen molar-refractivity contribution in [3.05, 3.63) is 48.5 Å². The van der Waals surface area contributed by atoms with E-state index >= 15 is 0 Å². The molecule has 174 valence electrons. The smallest absolute Gasteiger partial charge is 0.193 e. The zero-order chi connectivity index (χ0) is 22.3. The topological polar surface area (TPSA) is 57.9 Å². The SMILES string of the molecule is CN=C(NCC(c1ccc(OC)cc1)N1CCCCC1)N1CCC(C)C(n2ccnc2)C1. The molecule has 1 aromatic heterocycles. The number of aliphatic imine (C=N–C) groups is 1. The summed E-state index contributed by atoms with van der Waals surface area (Å²) in [5.41, 5.74) is 1.33. The molecule has 4 rings (SSSR count). The number of guanidine groups is 1. The van der Waals surface area contributed by atoms with E-state index < -0.39 is 0 Å². The third kappa shape index (κ3) is 5.26. The molecule has 2 saturated heterocycles. The van der Waals surface area contributed by atoms with Gasteiger partial charge in [0.15, 0.2) is 5.96 Å². The average Bonchev–Trinajstić information content (AvgIpc) is 3.38. The molecule has 0 amide bonds. The lowest BCUT2D eigenvalue weighted by atomic mass is 9.93. The van der Waals surface area contributed by atoms with Crippen molar-refractivity contribution in [1.29, 1.82) is 0 Å². The normalized spacial score (nSPS) is 23.7. The Balaban J connectivity index is 1.45. The summed E-state index contributed by atoms with van der Waals surface area (Å²) in [5, 5.41) is 3.72. The highest BCUT2D eigenvalue weighted by Gasteiger charge is 2.30. The molecule has 7 heteroatoms. The van der Waals surface area contributed by atoms with E-state index in [2.05, 4.69) is 67.0 Å². The molecule has 3 heterocycles. The Hall–Kier alpha value is -2.54. The van der Waals surface area contributed by atoms with E-state index in [1.165, 1.54) is 24.8 Å². The van der Waals surface area contributed by atoms with Crippen LogP contribution in [0.3, 0.4) is 0 Å². The van der Waals surface area contributed by atoms with Crippen LogP contribution in [0.25, 0.3) is 0 Å². The second-order valence-corrected chi connectivity index (χ2v) is 9.10. The van der Waals surface area contributed by atoms with Crippen LogP contribution in [0.2, 0.25) is 0 Å². The maximum absolute atomic E-state index is 5.38. The maximum Gasteiger partial charge on any atom is 0.193 e. The Kier molecular flexibility index (Phi) is 7.68. The number of aromatic nitrogens is 2. The van der Waals surface area contributed by atoms with Gasteiger partial charge in [-0.1, -0.05) is 25.5 Å². The third-order valence-electron chi connectivity index (χ3n) is 7.12. The van der Waals surface area contributed by atoms with Gasteiger partial charge in [-0.3, -0.25) is 9.89 Å². The Morgan fingerprint density at radius 1 is 1.19 bits per heavy atom. The second kappa shape index (κ2) is 10.9. The van der Waals surface area contributed by atoms with Crippen LogP contribution in [0.4, 0.5) is 0 Å². The number of benzene rings is 1. The predicted octanol–water partition coefficient (Wildman–Crippen LogP) is 3.58. The zero-order valence-electron chi connectivity index (χ0n) is 19.8. The van der Waals surface area contributed by atoms with Crippen molar-refractivity contribution < 1.29 is 4.74 Å². The highest BCUT2D eigenvalue weighted by molar-refractivity contribution is 5.80. The van der Waals surface area contributed by atoms with Crippen LogP contribution in [-0.2, 0) is 0 Å². The van der Waals surface area contributed by atoms with Gasteiger partial charge in [0.05, 0.1) is 25.5 Å². The van der Waals surface area contributed by atoms with E-state index in [0.717, 1.165) is 50.9 Å². The summed E-state index contributed by atoms with van der Waals surface area (Å²) in [4.78, 5) is 14.0. The lowest BCUT2D eigenvalue weighted by molar-refractivity contribution is 0.160. The van der Waals surface area contributed by atoms with Crippen molar-refractivity contribution in [1.82, 2.24) is 24.7 Å². The number of likely N-dealkylation sites (tertiary alicyclic amines) is 2. The summed E-state index contributed by atoms with van der Waals surface area (Å²) in [5.74, 6) is 2.53. The number of rotatable bonds is 6. The monoisotopic (exact) mass is 438 g/mol. The minimum absolute atomic E-state index is 0.325. The highest BCUT2D eigenvalue weighted by atomic mass is 16.5. The Labute approximate surface area is 192 Å². The Morgan fingerprint density at radius 2 is 1.97 bits per heavy atom. The number of nitrogens with zero attached hydrogens (tertiary/aromatic N) is 5. The van der Waals surface area contributed by atoms with Gasteiger partial charge in [-0.15, -0.1) is 0 Å². The minimum atomic E-state index is 0.325. The molecule has 2 aliphatic rings. The molecule has 0 spiro atoms. The average molecular weight is 439 g/mol. The van der Waals surface area contributed by atoms with Crippen LogP contribution in [-0.4, -0.2) is 72.2 Å². The van der Waals surface area contributed by atoms with Gasteiger partial charge in [0.2, 0.25) is 0 Å². The largest absolute Gasteiger partial charge is 0.497 e. The molecule has 2 fully saturated rings. The van der Waals surface area contributed by atoms with E-state index in [1.54, 1.807) is 7.11 Å². The lowest BCUT2D eigenvalue weighted by Gasteiger charge is -2.40. The van der Waals surface area contributed by atoms with E-state index in [9.17, 15) is 0 Å². The van der Waals surface area contributed by atoms with Crippen molar-refractivity contribution in [3.63, 3.8) is 0 Å². The van der Waals surface area contributed by atoms with Crippen molar-refractivity contribution in [2.75, 3.05) is 46.9 Å². The molecule has 0 bridgehead atoms. The summed E-state index contributed by atoms with van der Waals surface area (Å²) >= 11 is 0. The quantitative estimate of drug-likeness (QED) is 0.552. The number of hydrogen-bond donors (Lipinski definition) is 1. The first-order valence-corrected chi connectivity index (χ1v) is 12.0. The maximum atomic E-state index is 5.38. The molecule has 0 saturated carbocycles. The van der Waals surface area contributed by atoms with Crippen molar-refractivity contribution in [3.8, 4) is 5.75 Å². The van der Waals surface area contributed by atoms with Crippen molar-refractivity contribution in [2.45, 2.75) is 44.7 Å². The van der Waals surface area contributed by atoms with Gasteiger partial charge in [-0.2, -0.15) is 0 Å². The summed E-state index contributed by atoms with van der Waals surface area (Å²) < 4.78 is 7.63. The van der Waals surface area contributed by atoms with Crippen LogP contribution in [0, 0.1) is 5.92 Å². The van der Waals surface area contributed by atoms with Gasteiger partial charge in [-0.05, 0) is 56.0 Å². The van der Waals surface area contributed by atoms with Crippen LogP contribution in [0.5, 0.6) is 5.75 Å². The van der Waals surface area contributed by atoms with Crippen molar-refractivity contribution >= 4 is 5.96 Å². The van der Waals surface area contributed by atoms with E-state index in [-0.39, 0.29) is 0 Å². The van der Waals surface area contributed by atoms with Gasteiger partial charge in [0.1, 0.15) is 5.75 Å². The first kappa shape index (κ1) is 22.6. The summed E-state index contributed by atoms with van der Waals surface area (Å²) in [6.45, 7) is 7.48. The van der Waals surface area contributed by atoms with E-state index in [0.29, 0.717) is 18.0 Å². The number of nitrogens with one attached hydrogen (secondary N) is 1. The Morgan fingerprint density at radius 3 is 2.62 bits per heavy atom. The second-order valence-electron chi connectivity index (χ2n) is 9.10. The molecule has 3 atom stereocenters. The molecule has 1 N–H and O–H groups in total. The van der Waals surface area contributed by atoms with Crippen molar-refractivity contribution in [2.24, 2.45) is 10.9 Å². The minimum Gasteiger partial charge on any atom is -0.497 e. The fraction of sp³-hybridized carbons (Fsp3) is 0.600. The van der Waals surface area contributed by atoms with Gasteiger partial charge in [-0.25, -0.2) is 4.98 Å². The molecule has 1 aromatic carbocycles. The number of hydrogen-bond acceptors (Lipinski definition) is 4. The summed E-state index contributed by atoms with van der Waals surface area (Å²) in [6.07, 6.45) is 10.9. The number of imidazole rings is 1. The Bertz CT molecular complexity index is 844. The molecule has 3 unspecified atom stereocenters. The first-order valence-electron chi connectivity index (χ1n) is 12.0. The molecular formula is C25H38N6O. The highest BCUT2D eigenvalue weighted by Crippen LogP contribution is 2.28. The molecule has 2 aromatic rings.